The number of nitrogens with zero attached hydrogens (tertiary/aromatic N) is 1. The van der Waals surface area contributed by atoms with Gasteiger partial charge in [-0.3, -0.25) is 4.79 Å². The minimum Gasteiger partial charge on any atom is -0.370 e. The number of ether oxygens (including phenoxy) is 1. The normalized spacial score (nSPS) is 22.1. The molecular formula is C14H19Cl3N2O2. The van der Waals surface area contributed by atoms with E-state index in [1.807, 2.05) is 6.07 Å². The van der Waals surface area contributed by atoms with E-state index in [0.29, 0.717) is 23.2 Å². The largest absolute Gasteiger partial charge is 0.370 e. The van der Waals surface area contributed by atoms with Crippen molar-refractivity contribution in [3.63, 3.8) is 0 Å². The first-order chi connectivity index (χ1) is 9.50. The SMILES string of the molecule is CC(=O)N(C)[C@@H]1CNCCO[C@H]1c1ccc(Cl)c(Cl)c1.Cl. The third kappa shape index (κ3) is 4.47. The van der Waals surface area contributed by atoms with Gasteiger partial charge in [-0.1, -0.05) is 29.3 Å². The van der Waals surface area contributed by atoms with Gasteiger partial charge in [0.25, 0.3) is 0 Å². The molecule has 1 heterocycles. The molecule has 0 bridgehead atoms. The van der Waals surface area contributed by atoms with E-state index in [1.165, 1.54) is 0 Å². The van der Waals surface area contributed by atoms with Crippen LogP contribution in [0.2, 0.25) is 10.0 Å². The Hall–Kier alpha value is -0.520. The minimum absolute atomic E-state index is 0. The second-order valence-electron chi connectivity index (χ2n) is 4.87. The lowest BCUT2D eigenvalue weighted by Crippen LogP contribution is -2.45. The lowest BCUT2D eigenvalue weighted by atomic mass is 10.0. The lowest BCUT2D eigenvalue weighted by molar-refractivity contribution is -0.132. The maximum atomic E-state index is 11.6. The Labute approximate surface area is 141 Å². The maximum absolute atomic E-state index is 11.6. The summed E-state index contributed by atoms with van der Waals surface area (Å²) in [5, 5.41) is 4.29. The van der Waals surface area contributed by atoms with Crippen LogP contribution in [0, 0.1) is 0 Å². The molecule has 1 aromatic rings. The highest BCUT2D eigenvalue weighted by atomic mass is 35.5. The minimum atomic E-state index is -0.214. The first-order valence-corrected chi connectivity index (χ1v) is 7.27. The number of halogens is 3. The van der Waals surface area contributed by atoms with Crippen LogP contribution in [-0.2, 0) is 9.53 Å². The summed E-state index contributed by atoms with van der Waals surface area (Å²) in [6, 6.07) is 5.38. The Morgan fingerprint density at radius 2 is 2.10 bits per heavy atom. The van der Waals surface area contributed by atoms with Crippen LogP contribution in [0.5, 0.6) is 0 Å². The van der Waals surface area contributed by atoms with Crippen LogP contribution in [0.3, 0.4) is 0 Å². The Morgan fingerprint density at radius 1 is 1.38 bits per heavy atom. The standard InChI is InChI=1S/C14H18Cl2N2O2.ClH/c1-9(19)18(2)13-8-17-5-6-20-14(13)10-3-4-11(15)12(16)7-10;/h3-4,7,13-14,17H,5-6,8H2,1-2H3;1H/t13-,14+;/m1./s1. The van der Waals surface area contributed by atoms with E-state index in [9.17, 15) is 4.79 Å². The fraction of sp³-hybridized carbons (Fsp3) is 0.500. The molecule has 7 heteroatoms. The average molecular weight is 354 g/mol. The molecule has 118 valence electrons. The van der Waals surface area contributed by atoms with Crippen LogP contribution in [-0.4, -0.2) is 43.6 Å². The molecule has 1 fully saturated rings. The Bertz CT molecular complexity index is 499. The van der Waals surface area contributed by atoms with Gasteiger partial charge in [0.2, 0.25) is 5.91 Å². The predicted molar refractivity (Wildman–Crippen MR) is 87.5 cm³/mol. The van der Waals surface area contributed by atoms with Crippen molar-refractivity contribution in [3.8, 4) is 0 Å². The molecular weight excluding hydrogens is 335 g/mol. The van der Waals surface area contributed by atoms with Crippen molar-refractivity contribution in [3.05, 3.63) is 33.8 Å². The van der Waals surface area contributed by atoms with E-state index in [2.05, 4.69) is 5.32 Å². The molecule has 0 radical (unpaired) electrons. The molecule has 0 aliphatic carbocycles. The second-order valence-corrected chi connectivity index (χ2v) is 5.68. The van der Waals surface area contributed by atoms with Gasteiger partial charge in [0.05, 0.1) is 22.7 Å². The fourth-order valence-electron chi connectivity index (χ4n) is 2.31. The van der Waals surface area contributed by atoms with Crippen LogP contribution in [0.15, 0.2) is 18.2 Å². The summed E-state index contributed by atoms with van der Waals surface area (Å²) in [6.45, 7) is 3.59. The number of carbonyl (C=O) groups is 1. The number of carbonyl (C=O) groups excluding carboxylic acids is 1. The van der Waals surface area contributed by atoms with Gasteiger partial charge >= 0.3 is 0 Å². The highest BCUT2D eigenvalue weighted by molar-refractivity contribution is 6.42. The van der Waals surface area contributed by atoms with Gasteiger partial charge < -0.3 is 15.0 Å². The lowest BCUT2D eigenvalue weighted by Gasteiger charge is -2.32. The van der Waals surface area contributed by atoms with Crippen molar-refractivity contribution in [2.75, 3.05) is 26.7 Å². The molecule has 21 heavy (non-hydrogen) atoms. The van der Waals surface area contributed by atoms with Gasteiger partial charge in [0, 0.05) is 27.1 Å². The molecule has 1 aliphatic rings. The van der Waals surface area contributed by atoms with Crippen LogP contribution >= 0.6 is 35.6 Å². The first kappa shape index (κ1) is 18.5. The molecule has 0 saturated carbocycles. The fourth-order valence-corrected chi connectivity index (χ4v) is 2.61. The van der Waals surface area contributed by atoms with Crippen molar-refractivity contribution in [2.45, 2.75) is 19.1 Å². The molecule has 1 saturated heterocycles. The maximum Gasteiger partial charge on any atom is 0.219 e. The van der Waals surface area contributed by atoms with Gasteiger partial charge in [-0.25, -0.2) is 0 Å². The van der Waals surface area contributed by atoms with Gasteiger partial charge in [0.1, 0.15) is 6.10 Å². The van der Waals surface area contributed by atoms with Crippen molar-refractivity contribution >= 4 is 41.5 Å². The van der Waals surface area contributed by atoms with Crippen molar-refractivity contribution < 1.29 is 9.53 Å². The molecule has 1 N–H and O–H groups in total. The Kier molecular flexibility index (Phi) is 7.24. The molecule has 4 nitrogen and oxygen atoms in total. The predicted octanol–water partition coefficient (Wildman–Crippen LogP) is 2.92. The smallest absolute Gasteiger partial charge is 0.219 e. The average Bonchev–Trinajstić information content (AvgIpc) is 2.66. The third-order valence-corrected chi connectivity index (χ3v) is 4.28. The molecule has 1 aromatic carbocycles. The third-order valence-electron chi connectivity index (χ3n) is 3.55. The van der Waals surface area contributed by atoms with Crippen molar-refractivity contribution in [2.24, 2.45) is 0 Å². The van der Waals surface area contributed by atoms with Gasteiger partial charge in [-0.2, -0.15) is 0 Å². The molecule has 1 aliphatic heterocycles. The van der Waals surface area contributed by atoms with E-state index in [-0.39, 0.29) is 30.5 Å². The summed E-state index contributed by atoms with van der Waals surface area (Å²) in [7, 11) is 1.79. The summed E-state index contributed by atoms with van der Waals surface area (Å²) in [6.07, 6.45) is -0.214. The second kappa shape index (κ2) is 8.20. The number of rotatable bonds is 2. The van der Waals surface area contributed by atoms with Crippen molar-refractivity contribution in [1.82, 2.24) is 10.2 Å². The number of nitrogens with one attached hydrogen (secondary N) is 1. The monoisotopic (exact) mass is 352 g/mol. The molecule has 2 rings (SSSR count). The number of hydrogen-bond acceptors (Lipinski definition) is 3. The van der Waals surface area contributed by atoms with Crippen LogP contribution in [0.25, 0.3) is 0 Å². The summed E-state index contributed by atoms with van der Waals surface area (Å²) in [4.78, 5) is 13.3. The van der Waals surface area contributed by atoms with E-state index in [0.717, 1.165) is 12.1 Å². The topological polar surface area (TPSA) is 41.6 Å². The quantitative estimate of drug-likeness (QED) is 0.889. The zero-order valence-electron chi connectivity index (χ0n) is 11.9. The molecule has 2 atom stereocenters. The Morgan fingerprint density at radius 3 is 2.71 bits per heavy atom. The van der Waals surface area contributed by atoms with E-state index in [4.69, 9.17) is 27.9 Å². The highest BCUT2D eigenvalue weighted by Crippen LogP contribution is 2.31. The molecule has 0 aromatic heterocycles. The first-order valence-electron chi connectivity index (χ1n) is 6.51. The van der Waals surface area contributed by atoms with Crippen LogP contribution in [0.4, 0.5) is 0 Å². The van der Waals surface area contributed by atoms with Crippen molar-refractivity contribution in [1.29, 1.82) is 0 Å². The zero-order valence-corrected chi connectivity index (χ0v) is 14.3. The number of likely N-dealkylation sites (N-methyl/N-ethyl adjacent to an activating group) is 1. The highest BCUT2D eigenvalue weighted by Gasteiger charge is 2.30. The zero-order chi connectivity index (χ0) is 14.7. The number of hydrogen-bond donors (Lipinski definition) is 1. The molecule has 0 unspecified atom stereocenters. The summed E-state index contributed by atoms with van der Waals surface area (Å²) in [5.41, 5.74) is 0.932. The summed E-state index contributed by atoms with van der Waals surface area (Å²) in [5.74, 6) is 0.00682. The van der Waals surface area contributed by atoms with Gasteiger partial charge in [-0.15, -0.1) is 12.4 Å². The number of benzene rings is 1. The van der Waals surface area contributed by atoms with Crippen LogP contribution < -0.4 is 5.32 Å². The Balaban J connectivity index is 0.00000220. The van der Waals surface area contributed by atoms with Crippen LogP contribution in [0.1, 0.15) is 18.6 Å². The van der Waals surface area contributed by atoms with Gasteiger partial charge in [0.15, 0.2) is 0 Å². The summed E-state index contributed by atoms with van der Waals surface area (Å²) < 4.78 is 5.91. The van der Waals surface area contributed by atoms with E-state index < -0.39 is 0 Å². The number of amides is 1. The van der Waals surface area contributed by atoms with E-state index >= 15 is 0 Å². The molecule has 0 spiro atoms. The van der Waals surface area contributed by atoms with Gasteiger partial charge in [-0.05, 0) is 17.7 Å². The summed E-state index contributed by atoms with van der Waals surface area (Å²) >= 11 is 12.0. The molecule has 1 amide bonds. The van der Waals surface area contributed by atoms with E-state index in [1.54, 1.807) is 31.0 Å².